The third kappa shape index (κ3) is 8.54. The van der Waals surface area contributed by atoms with Gasteiger partial charge in [0.15, 0.2) is 5.96 Å². The van der Waals surface area contributed by atoms with E-state index >= 15 is 0 Å². The van der Waals surface area contributed by atoms with Gasteiger partial charge in [-0.1, -0.05) is 26.7 Å². The first-order valence-corrected chi connectivity index (χ1v) is 10.3. The number of hydrogen-bond acceptors (Lipinski definition) is 3. The summed E-state index contributed by atoms with van der Waals surface area (Å²) in [4.78, 5) is 21.2. The van der Waals surface area contributed by atoms with E-state index in [0.717, 1.165) is 57.7 Å². The van der Waals surface area contributed by atoms with Crippen LogP contribution in [0.25, 0.3) is 0 Å². The van der Waals surface area contributed by atoms with E-state index in [1.54, 1.807) is 11.9 Å². The van der Waals surface area contributed by atoms with E-state index in [1.165, 1.54) is 6.42 Å². The fourth-order valence-electron chi connectivity index (χ4n) is 3.91. The van der Waals surface area contributed by atoms with Gasteiger partial charge in [-0.3, -0.25) is 9.79 Å². The molecule has 160 valence electrons. The van der Waals surface area contributed by atoms with Crippen molar-refractivity contribution in [2.24, 2.45) is 10.4 Å². The van der Waals surface area contributed by atoms with Crippen LogP contribution >= 0.6 is 24.0 Å². The molecule has 0 aromatic rings. The summed E-state index contributed by atoms with van der Waals surface area (Å²) in [6.45, 7) is 10.7. The highest BCUT2D eigenvalue weighted by Crippen LogP contribution is 2.38. The highest BCUT2D eigenvalue weighted by molar-refractivity contribution is 14.0. The average Bonchev–Trinajstić information content (AvgIpc) is 3.11. The van der Waals surface area contributed by atoms with Crippen LogP contribution in [0.5, 0.6) is 0 Å². The smallest absolute Gasteiger partial charge is 0.230 e. The van der Waals surface area contributed by atoms with Gasteiger partial charge in [-0.15, -0.1) is 24.0 Å². The summed E-state index contributed by atoms with van der Waals surface area (Å²) in [7, 11) is 5.51. The summed E-state index contributed by atoms with van der Waals surface area (Å²) >= 11 is 0. The number of nitrogens with zero attached hydrogens (tertiary/aromatic N) is 3. The topological polar surface area (TPSA) is 60.0 Å². The predicted octanol–water partition coefficient (Wildman–Crippen LogP) is 2.93. The molecular formula is C20H42IN5O. The molecule has 0 radical (unpaired) electrons. The Bertz CT molecular complexity index is 446. The summed E-state index contributed by atoms with van der Waals surface area (Å²) in [6, 6.07) is 0.362. The Morgan fingerprint density at radius 1 is 1.19 bits per heavy atom. The molecule has 0 heterocycles. The largest absolute Gasteiger partial charge is 0.355 e. The first-order valence-electron chi connectivity index (χ1n) is 10.3. The van der Waals surface area contributed by atoms with Gasteiger partial charge < -0.3 is 20.4 Å². The lowest BCUT2D eigenvalue weighted by Crippen LogP contribution is -2.50. The number of amides is 1. The summed E-state index contributed by atoms with van der Waals surface area (Å²) < 4.78 is 0. The van der Waals surface area contributed by atoms with Gasteiger partial charge >= 0.3 is 0 Å². The maximum Gasteiger partial charge on any atom is 0.230 e. The van der Waals surface area contributed by atoms with Crippen molar-refractivity contribution in [2.45, 2.75) is 65.3 Å². The van der Waals surface area contributed by atoms with Crippen LogP contribution in [-0.2, 0) is 4.79 Å². The van der Waals surface area contributed by atoms with E-state index in [0.29, 0.717) is 12.6 Å². The van der Waals surface area contributed by atoms with Crippen LogP contribution in [-0.4, -0.2) is 75.0 Å². The lowest BCUT2D eigenvalue weighted by Gasteiger charge is -2.31. The Morgan fingerprint density at radius 3 is 2.26 bits per heavy atom. The van der Waals surface area contributed by atoms with Crippen molar-refractivity contribution in [3.63, 3.8) is 0 Å². The van der Waals surface area contributed by atoms with Crippen molar-refractivity contribution in [1.82, 2.24) is 20.4 Å². The molecular weight excluding hydrogens is 453 g/mol. The van der Waals surface area contributed by atoms with E-state index in [-0.39, 0.29) is 35.3 Å². The summed E-state index contributed by atoms with van der Waals surface area (Å²) in [5.41, 5.74) is -0.271. The van der Waals surface area contributed by atoms with Gasteiger partial charge in [0.25, 0.3) is 0 Å². The molecule has 1 saturated carbocycles. The second-order valence-electron chi connectivity index (χ2n) is 7.83. The number of rotatable bonds is 10. The van der Waals surface area contributed by atoms with Crippen LogP contribution in [0.2, 0.25) is 0 Å². The van der Waals surface area contributed by atoms with Crippen molar-refractivity contribution in [3.05, 3.63) is 0 Å². The fourth-order valence-corrected chi connectivity index (χ4v) is 3.91. The SMILES string of the molecule is CCN(CC)CCCC(C)NC(=NC)NCC1(C(=O)N(C)C)CCCC1.I. The maximum absolute atomic E-state index is 12.7. The van der Waals surface area contributed by atoms with Gasteiger partial charge in [0, 0.05) is 33.7 Å². The number of guanidine groups is 1. The Hall–Kier alpha value is -0.570. The molecule has 0 bridgehead atoms. The third-order valence-electron chi connectivity index (χ3n) is 5.63. The molecule has 7 heteroatoms. The number of carbonyl (C=O) groups is 1. The average molecular weight is 495 g/mol. The molecule has 0 aliphatic heterocycles. The molecule has 1 amide bonds. The highest BCUT2D eigenvalue weighted by atomic mass is 127. The zero-order chi connectivity index (χ0) is 19.6. The molecule has 0 saturated heterocycles. The van der Waals surface area contributed by atoms with Crippen LogP contribution in [0.15, 0.2) is 4.99 Å². The van der Waals surface area contributed by atoms with Crippen LogP contribution in [0, 0.1) is 5.41 Å². The van der Waals surface area contributed by atoms with Gasteiger partial charge in [0.2, 0.25) is 5.91 Å². The maximum atomic E-state index is 12.7. The van der Waals surface area contributed by atoms with E-state index in [1.807, 2.05) is 14.1 Å². The van der Waals surface area contributed by atoms with Crippen molar-refractivity contribution >= 4 is 35.8 Å². The number of hydrogen-bond donors (Lipinski definition) is 2. The van der Waals surface area contributed by atoms with Crippen molar-refractivity contribution in [3.8, 4) is 0 Å². The Morgan fingerprint density at radius 2 is 1.78 bits per heavy atom. The van der Waals surface area contributed by atoms with E-state index < -0.39 is 0 Å². The quantitative estimate of drug-likeness (QED) is 0.278. The summed E-state index contributed by atoms with van der Waals surface area (Å²) in [5.74, 6) is 1.04. The monoisotopic (exact) mass is 495 g/mol. The number of carbonyl (C=O) groups excluding carboxylic acids is 1. The molecule has 1 unspecified atom stereocenters. The van der Waals surface area contributed by atoms with Crippen molar-refractivity contribution in [1.29, 1.82) is 0 Å². The normalized spacial score (nSPS) is 17.4. The molecule has 27 heavy (non-hydrogen) atoms. The zero-order valence-electron chi connectivity index (χ0n) is 18.3. The van der Waals surface area contributed by atoms with Gasteiger partial charge in [-0.25, -0.2) is 0 Å². The van der Waals surface area contributed by atoms with Crippen LogP contribution in [0.3, 0.4) is 0 Å². The molecule has 1 aliphatic carbocycles. The number of aliphatic imine (C=N–C) groups is 1. The predicted molar refractivity (Wildman–Crippen MR) is 126 cm³/mol. The lowest BCUT2D eigenvalue weighted by molar-refractivity contribution is -0.138. The van der Waals surface area contributed by atoms with Gasteiger partial charge in [0.1, 0.15) is 0 Å². The minimum absolute atomic E-state index is 0. The Labute approximate surface area is 183 Å². The molecule has 1 fully saturated rings. The van der Waals surface area contributed by atoms with E-state index in [4.69, 9.17) is 0 Å². The molecule has 0 spiro atoms. The standard InChI is InChI=1S/C20H41N5O.HI/c1-7-25(8-2)15-11-12-17(3)23-19(21-4)22-16-20(13-9-10-14-20)18(26)24(5)6;/h17H,7-16H2,1-6H3,(H2,21,22,23);1H. The molecule has 1 aliphatic rings. The minimum Gasteiger partial charge on any atom is -0.355 e. The fraction of sp³-hybridized carbons (Fsp3) is 0.900. The number of nitrogens with one attached hydrogen (secondary N) is 2. The van der Waals surface area contributed by atoms with Crippen LogP contribution < -0.4 is 10.6 Å². The van der Waals surface area contributed by atoms with Crippen molar-refractivity contribution < 1.29 is 4.79 Å². The second kappa shape index (κ2) is 13.6. The molecule has 6 nitrogen and oxygen atoms in total. The molecule has 1 rings (SSSR count). The molecule has 2 N–H and O–H groups in total. The van der Waals surface area contributed by atoms with Gasteiger partial charge in [-0.05, 0) is 52.2 Å². The summed E-state index contributed by atoms with van der Waals surface area (Å²) in [5, 5.41) is 6.90. The van der Waals surface area contributed by atoms with E-state index in [2.05, 4.69) is 41.3 Å². The third-order valence-corrected chi connectivity index (χ3v) is 5.63. The zero-order valence-corrected chi connectivity index (χ0v) is 20.6. The Kier molecular flexibility index (Phi) is 13.3. The highest BCUT2D eigenvalue weighted by Gasteiger charge is 2.42. The van der Waals surface area contributed by atoms with Crippen LogP contribution in [0.1, 0.15) is 59.3 Å². The first-order chi connectivity index (χ1) is 12.4. The molecule has 1 atom stereocenters. The van der Waals surface area contributed by atoms with Crippen LogP contribution in [0.4, 0.5) is 0 Å². The molecule has 0 aromatic heterocycles. The van der Waals surface area contributed by atoms with Crippen molar-refractivity contribution in [2.75, 3.05) is 47.3 Å². The van der Waals surface area contributed by atoms with Gasteiger partial charge in [-0.2, -0.15) is 0 Å². The summed E-state index contributed by atoms with van der Waals surface area (Å²) in [6.07, 6.45) is 6.49. The first kappa shape index (κ1) is 26.4. The Balaban J connectivity index is 0.00000676. The number of halogens is 1. The minimum atomic E-state index is -0.271. The second-order valence-corrected chi connectivity index (χ2v) is 7.83. The van der Waals surface area contributed by atoms with Gasteiger partial charge in [0.05, 0.1) is 5.41 Å². The molecule has 0 aromatic carbocycles. The van der Waals surface area contributed by atoms with E-state index in [9.17, 15) is 4.79 Å². The lowest BCUT2D eigenvalue weighted by atomic mass is 9.84.